The van der Waals surface area contributed by atoms with Crippen LogP contribution in [0.4, 0.5) is 17.1 Å². The van der Waals surface area contributed by atoms with E-state index in [1.54, 1.807) is 23.0 Å². The number of nitrogens with zero attached hydrogens (tertiary/aromatic N) is 6. The summed E-state index contributed by atoms with van der Waals surface area (Å²) in [7, 11) is 1.87. The van der Waals surface area contributed by atoms with Crippen LogP contribution in [0.25, 0.3) is 11.3 Å². The molecule has 1 saturated heterocycles. The van der Waals surface area contributed by atoms with E-state index < -0.39 is 0 Å². The average Bonchev–Trinajstić information content (AvgIpc) is 3.41. The molecule has 10 heteroatoms. The molecule has 2 fully saturated rings. The molecule has 1 atom stereocenters. The number of likely N-dealkylation sites (tertiary alicyclic amines) is 1. The molecule has 0 spiro atoms. The van der Waals surface area contributed by atoms with Crippen LogP contribution in [0.3, 0.4) is 0 Å². The Labute approximate surface area is 247 Å². The van der Waals surface area contributed by atoms with Crippen LogP contribution in [-0.2, 0) is 7.05 Å². The number of fused-ring (bicyclic) bond motifs is 7. The maximum atomic E-state index is 13.7. The number of carbonyl (C=O) groups excluding carboxylic acids is 1. The SMILES string of the molecule is Cc1cc2cc(n1)-c1cnn(C)c1OCCCC(C1CC1)CN1/C(=N/C2=O)Nc2cc(NCCN3CCCC3)ccc21. The van der Waals surface area contributed by atoms with Gasteiger partial charge in [-0.3, -0.25) is 9.78 Å². The van der Waals surface area contributed by atoms with Crippen molar-refractivity contribution in [2.45, 2.75) is 45.4 Å². The highest BCUT2D eigenvalue weighted by atomic mass is 16.5. The van der Waals surface area contributed by atoms with E-state index in [0.717, 1.165) is 60.8 Å². The number of aryl methyl sites for hydroxylation is 2. The first-order valence-electron chi connectivity index (χ1n) is 15.4. The first-order chi connectivity index (χ1) is 20.5. The Morgan fingerprint density at radius 3 is 2.76 bits per heavy atom. The number of pyridine rings is 1. The fraction of sp³-hybridized carbons (Fsp3) is 0.500. The van der Waals surface area contributed by atoms with E-state index >= 15 is 0 Å². The number of benzene rings is 1. The van der Waals surface area contributed by atoms with Crippen LogP contribution in [0.15, 0.2) is 41.5 Å². The van der Waals surface area contributed by atoms with Gasteiger partial charge >= 0.3 is 0 Å². The molecule has 10 nitrogen and oxygen atoms in total. The van der Waals surface area contributed by atoms with Gasteiger partial charge in [0.2, 0.25) is 11.8 Å². The lowest BCUT2D eigenvalue weighted by atomic mass is 9.97. The van der Waals surface area contributed by atoms with Gasteiger partial charge in [0, 0.05) is 43.6 Å². The maximum Gasteiger partial charge on any atom is 0.280 e. The molecular weight excluding hydrogens is 528 g/mol. The normalized spacial score (nSPS) is 22.1. The number of nitrogens with one attached hydrogen (secondary N) is 2. The number of rotatable bonds is 5. The van der Waals surface area contributed by atoms with E-state index in [2.05, 4.69) is 48.7 Å². The number of aliphatic imine (C=N–C) groups is 1. The minimum absolute atomic E-state index is 0.296. The number of hydrogen-bond donors (Lipinski definition) is 2. The second-order valence-corrected chi connectivity index (χ2v) is 12.1. The van der Waals surface area contributed by atoms with Crippen molar-refractivity contribution in [1.82, 2.24) is 19.7 Å². The number of aromatic nitrogens is 3. The third-order valence-electron chi connectivity index (χ3n) is 8.98. The standard InChI is InChI=1S/C32H40N8O2/c1-21-16-24-17-27(35-21)26-19-34-38(2)31(26)42-15-5-6-23(22-7-8-22)20-40-29-10-9-25(33-11-14-39-12-3-4-13-39)18-28(29)36-32(40)37-30(24)41/h9-10,16-19,22-23,33H,3-8,11-15,20H2,1-2H3,(H,36,37,41). The van der Waals surface area contributed by atoms with E-state index in [9.17, 15) is 4.79 Å². The highest BCUT2D eigenvalue weighted by Gasteiger charge is 2.36. The summed E-state index contributed by atoms with van der Waals surface area (Å²) in [5.74, 6) is 2.16. The van der Waals surface area contributed by atoms with Gasteiger partial charge in [0.1, 0.15) is 0 Å². The minimum atomic E-state index is -0.296. The molecule has 3 aromatic rings. The number of amides is 1. The third-order valence-corrected chi connectivity index (χ3v) is 8.98. The molecule has 1 amide bonds. The Kier molecular flexibility index (Phi) is 7.31. The zero-order valence-corrected chi connectivity index (χ0v) is 24.6. The molecule has 7 rings (SSSR count). The van der Waals surface area contributed by atoms with Crippen molar-refractivity contribution in [1.29, 1.82) is 0 Å². The van der Waals surface area contributed by atoms with Gasteiger partial charge in [-0.1, -0.05) is 0 Å². The molecule has 2 aromatic heterocycles. The smallest absolute Gasteiger partial charge is 0.280 e. The highest BCUT2D eigenvalue weighted by Crippen LogP contribution is 2.43. The number of guanidine groups is 1. The quantitative estimate of drug-likeness (QED) is 0.447. The van der Waals surface area contributed by atoms with Crippen LogP contribution in [0.5, 0.6) is 5.88 Å². The topological polar surface area (TPSA) is 99.9 Å². The molecule has 2 bridgehead atoms. The summed E-state index contributed by atoms with van der Waals surface area (Å²) < 4.78 is 8.02. The van der Waals surface area contributed by atoms with E-state index in [1.807, 2.05) is 14.0 Å². The van der Waals surface area contributed by atoms with Crippen molar-refractivity contribution >= 4 is 28.9 Å². The number of anilines is 3. The fourth-order valence-corrected chi connectivity index (χ4v) is 6.58. The van der Waals surface area contributed by atoms with Crippen molar-refractivity contribution in [3.05, 3.63) is 47.8 Å². The monoisotopic (exact) mass is 568 g/mol. The van der Waals surface area contributed by atoms with Crippen molar-refractivity contribution in [2.24, 2.45) is 23.9 Å². The van der Waals surface area contributed by atoms with Gasteiger partial charge in [-0.2, -0.15) is 10.1 Å². The lowest BCUT2D eigenvalue weighted by molar-refractivity contribution is 0.100. The summed E-state index contributed by atoms with van der Waals surface area (Å²) in [6.07, 6.45) is 8.87. The number of hydrogen-bond acceptors (Lipinski definition) is 8. The fourth-order valence-electron chi connectivity index (χ4n) is 6.58. The highest BCUT2D eigenvalue weighted by molar-refractivity contribution is 6.19. The van der Waals surface area contributed by atoms with Crippen molar-refractivity contribution < 1.29 is 9.53 Å². The van der Waals surface area contributed by atoms with Gasteiger partial charge in [0.25, 0.3) is 5.91 Å². The van der Waals surface area contributed by atoms with Crippen LogP contribution in [0, 0.1) is 18.8 Å². The summed E-state index contributed by atoms with van der Waals surface area (Å²) in [5.41, 5.74) is 5.82. The Hall–Kier alpha value is -3.92. The van der Waals surface area contributed by atoms with Crippen molar-refractivity contribution in [3.63, 3.8) is 0 Å². The molecule has 42 heavy (non-hydrogen) atoms. The van der Waals surface area contributed by atoms with E-state index in [0.29, 0.717) is 41.5 Å². The van der Waals surface area contributed by atoms with Gasteiger partial charge in [-0.25, -0.2) is 4.68 Å². The first kappa shape index (κ1) is 26.9. The zero-order chi connectivity index (χ0) is 28.6. The van der Waals surface area contributed by atoms with Gasteiger partial charge in [0.15, 0.2) is 0 Å². The van der Waals surface area contributed by atoms with E-state index in [1.165, 1.54) is 38.8 Å². The molecular formula is C32H40N8O2. The predicted molar refractivity (Wildman–Crippen MR) is 165 cm³/mol. The molecule has 5 heterocycles. The van der Waals surface area contributed by atoms with E-state index in [4.69, 9.17) is 9.72 Å². The van der Waals surface area contributed by atoms with Crippen molar-refractivity contribution in [3.8, 4) is 17.1 Å². The van der Waals surface area contributed by atoms with Gasteiger partial charge < -0.3 is 25.2 Å². The van der Waals surface area contributed by atoms with Crippen LogP contribution in [-0.4, -0.2) is 70.9 Å². The minimum Gasteiger partial charge on any atom is -0.477 e. The van der Waals surface area contributed by atoms with Crippen LogP contribution >= 0.6 is 0 Å². The summed E-state index contributed by atoms with van der Waals surface area (Å²) in [6, 6.07) is 10.1. The number of carbonyl (C=O) groups is 1. The molecule has 4 aliphatic rings. The largest absolute Gasteiger partial charge is 0.477 e. The Balaban J connectivity index is 1.20. The lowest BCUT2D eigenvalue weighted by Gasteiger charge is -2.25. The third kappa shape index (κ3) is 5.60. The first-order valence-corrected chi connectivity index (χ1v) is 15.4. The predicted octanol–water partition coefficient (Wildman–Crippen LogP) is 4.93. The second kappa shape index (κ2) is 11.4. The average molecular weight is 569 g/mol. The summed E-state index contributed by atoms with van der Waals surface area (Å²) >= 11 is 0. The van der Waals surface area contributed by atoms with E-state index in [-0.39, 0.29) is 5.91 Å². The molecule has 3 aliphatic heterocycles. The van der Waals surface area contributed by atoms with Crippen LogP contribution in [0.1, 0.15) is 54.6 Å². The summed E-state index contributed by atoms with van der Waals surface area (Å²) in [4.78, 5) is 27.8. The summed E-state index contributed by atoms with van der Waals surface area (Å²) in [6.45, 7) is 7.69. The Morgan fingerprint density at radius 2 is 1.93 bits per heavy atom. The van der Waals surface area contributed by atoms with Crippen molar-refractivity contribution in [2.75, 3.05) is 54.9 Å². The lowest BCUT2D eigenvalue weighted by Crippen LogP contribution is -2.36. The second-order valence-electron chi connectivity index (χ2n) is 12.1. The van der Waals surface area contributed by atoms with Crippen LogP contribution < -0.4 is 20.3 Å². The number of ether oxygens (including phenoxy) is 1. The molecule has 1 aromatic carbocycles. The van der Waals surface area contributed by atoms with Gasteiger partial charge in [-0.15, -0.1) is 0 Å². The molecule has 1 unspecified atom stereocenters. The Bertz CT molecular complexity index is 1500. The zero-order valence-electron chi connectivity index (χ0n) is 24.6. The molecule has 1 aliphatic carbocycles. The van der Waals surface area contributed by atoms with Gasteiger partial charge in [0.05, 0.1) is 35.4 Å². The molecule has 220 valence electrons. The molecule has 0 radical (unpaired) electrons. The molecule has 2 N–H and O–H groups in total. The Morgan fingerprint density at radius 1 is 1.07 bits per heavy atom. The maximum absolute atomic E-state index is 13.7. The molecule has 1 saturated carbocycles. The summed E-state index contributed by atoms with van der Waals surface area (Å²) in [5, 5.41) is 11.5. The van der Waals surface area contributed by atoms with Gasteiger partial charge in [-0.05, 0) is 101 Å². The van der Waals surface area contributed by atoms with Crippen LogP contribution in [0.2, 0.25) is 0 Å².